The van der Waals surface area contributed by atoms with Crippen molar-refractivity contribution < 1.29 is 14.3 Å². The Morgan fingerprint density at radius 2 is 1.75 bits per heavy atom. The van der Waals surface area contributed by atoms with Crippen LogP contribution in [0.3, 0.4) is 0 Å². The van der Waals surface area contributed by atoms with E-state index < -0.39 is 0 Å². The number of carbonyl (C=O) groups excluding carboxylic acids is 2. The number of anilines is 1. The van der Waals surface area contributed by atoms with Crippen LogP contribution < -0.4 is 9.64 Å². The summed E-state index contributed by atoms with van der Waals surface area (Å²) in [5.41, 5.74) is 0.514. The topological polar surface area (TPSA) is 46.6 Å². The minimum Gasteiger partial charge on any atom is -0.495 e. The number of hydrogen-bond donors (Lipinski definition) is 0. The lowest BCUT2D eigenvalue weighted by atomic mass is 9.85. The molecule has 104 valence electrons. The first kappa shape index (κ1) is 13.2. The highest BCUT2D eigenvalue weighted by Gasteiger charge is 2.47. The second-order valence-corrected chi connectivity index (χ2v) is 5.39. The molecule has 1 aromatic carbocycles. The van der Waals surface area contributed by atoms with Gasteiger partial charge in [-0.2, -0.15) is 0 Å². The van der Waals surface area contributed by atoms with Gasteiger partial charge in [0, 0.05) is 0 Å². The molecule has 0 aromatic heterocycles. The number of amides is 2. The number of hydrogen-bond acceptors (Lipinski definition) is 3. The minimum absolute atomic E-state index is 0.134. The number of rotatable bonds is 2. The Hall–Kier alpha value is -1.81. The smallest absolute Gasteiger partial charge is 0.238 e. The zero-order valence-corrected chi connectivity index (χ0v) is 11.8. The normalized spacial score (nSPS) is 25.0. The van der Waals surface area contributed by atoms with E-state index in [1.165, 1.54) is 12.0 Å². The molecule has 1 aromatic rings. The molecule has 1 aliphatic heterocycles. The SMILES string of the molecule is COc1ccc(N2C(=O)[C@H]3CC=CC[C@@H]3C2=O)cc1Cl. The molecule has 2 aliphatic rings. The Morgan fingerprint density at radius 3 is 2.25 bits per heavy atom. The molecule has 0 bridgehead atoms. The molecule has 0 saturated carbocycles. The van der Waals surface area contributed by atoms with Crippen molar-refractivity contribution in [3.8, 4) is 5.75 Å². The number of nitrogens with zero attached hydrogens (tertiary/aromatic N) is 1. The van der Waals surface area contributed by atoms with Crippen molar-refractivity contribution in [3.63, 3.8) is 0 Å². The van der Waals surface area contributed by atoms with Gasteiger partial charge in [0.1, 0.15) is 5.75 Å². The molecule has 1 fully saturated rings. The van der Waals surface area contributed by atoms with Crippen LogP contribution in [0.25, 0.3) is 0 Å². The van der Waals surface area contributed by atoms with E-state index in [1.54, 1.807) is 18.2 Å². The van der Waals surface area contributed by atoms with E-state index in [1.807, 2.05) is 12.2 Å². The Morgan fingerprint density at radius 1 is 1.15 bits per heavy atom. The van der Waals surface area contributed by atoms with Crippen molar-refractivity contribution in [2.45, 2.75) is 12.8 Å². The molecule has 0 N–H and O–H groups in total. The molecule has 1 aliphatic carbocycles. The van der Waals surface area contributed by atoms with Crippen LogP contribution in [0.1, 0.15) is 12.8 Å². The quantitative estimate of drug-likeness (QED) is 0.622. The van der Waals surface area contributed by atoms with E-state index in [-0.39, 0.29) is 23.7 Å². The number of allylic oxidation sites excluding steroid dienone is 2. The van der Waals surface area contributed by atoms with Crippen LogP contribution in [0, 0.1) is 11.8 Å². The van der Waals surface area contributed by atoms with Gasteiger partial charge in [-0.25, -0.2) is 4.90 Å². The standard InChI is InChI=1S/C15H14ClNO3/c1-20-13-7-6-9(8-12(13)16)17-14(18)10-4-2-3-5-11(10)15(17)19/h2-3,6-8,10-11H,4-5H2,1H3/t10-,11-/m0/s1. The molecule has 2 amide bonds. The van der Waals surface area contributed by atoms with Crippen LogP contribution in [0.15, 0.2) is 30.4 Å². The fraction of sp³-hybridized carbons (Fsp3) is 0.333. The molecular formula is C15H14ClNO3. The van der Waals surface area contributed by atoms with Gasteiger partial charge in [-0.05, 0) is 31.0 Å². The highest BCUT2D eigenvalue weighted by molar-refractivity contribution is 6.32. The predicted octanol–water partition coefficient (Wildman–Crippen LogP) is 2.80. The number of ether oxygens (including phenoxy) is 1. The van der Waals surface area contributed by atoms with Gasteiger partial charge in [-0.15, -0.1) is 0 Å². The first-order valence-corrected chi connectivity index (χ1v) is 6.87. The van der Waals surface area contributed by atoms with E-state index in [4.69, 9.17) is 16.3 Å². The Balaban J connectivity index is 1.96. The maximum atomic E-state index is 12.4. The minimum atomic E-state index is -0.228. The van der Waals surface area contributed by atoms with Gasteiger partial charge in [0.15, 0.2) is 0 Å². The molecule has 0 spiro atoms. The summed E-state index contributed by atoms with van der Waals surface area (Å²) >= 11 is 6.07. The summed E-state index contributed by atoms with van der Waals surface area (Å²) in [5, 5.41) is 0.388. The number of carbonyl (C=O) groups is 2. The van der Waals surface area contributed by atoms with E-state index in [9.17, 15) is 9.59 Å². The maximum Gasteiger partial charge on any atom is 0.238 e. The van der Waals surface area contributed by atoms with E-state index in [0.29, 0.717) is 29.3 Å². The highest BCUT2D eigenvalue weighted by Crippen LogP contribution is 2.39. The molecule has 0 radical (unpaired) electrons. The van der Waals surface area contributed by atoms with Crippen molar-refractivity contribution >= 4 is 29.1 Å². The highest BCUT2D eigenvalue weighted by atomic mass is 35.5. The predicted molar refractivity (Wildman–Crippen MR) is 75.9 cm³/mol. The number of benzene rings is 1. The second-order valence-electron chi connectivity index (χ2n) is 4.99. The lowest BCUT2D eigenvalue weighted by Crippen LogP contribution is -2.30. The maximum absolute atomic E-state index is 12.4. The summed E-state index contributed by atoms with van der Waals surface area (Å²) in [4.78, 5) is 26.1. The van der Waals surface area contributed by atoms with Crippen molar-refractivity contribution in [3.05, 3.63) is 35.4 Å². The van der Waals surface area contributed by atoms with Gasteiger partial charge in [0.25, 0.3) is 0 Å². The number of imide groups is 1. The van der Waals surface area contributed by atoms with Crippen molar-refractivity contribution in [2.75, 3.05) is 12.0 Å². The van der Waals surface area contributed by atoms with Gasteiger partial charge in [-0.1, -0.05) is 23.8 Å². The number of methoxy groups -OCH3 is 1. The van der Waals surface area contributed by atoms with Crippen molar-refractivity contribution in [1.29, 1.82) is 0 Å². The molecule has 20 heavy (non-hydrogen) atoms. The Bertz CT molecular complexity index is 585. The molecule has 3 rings (SSSR count). The third kappa shape index (κ3) is 1.91. The zero-order valence-electron chi connectivity index (χ0n) is 11.0. The van der Waals surface area contributed by atoms with Gasteiger partial charge < -0.3 is 4.74 Å². The summed E-state index contributed by atoms with van der Waals surface area (Å²) in [6, 6.07) is 4.95. The summed E-state index contributed by atoms with van der Waals surface area (Å²) < 4.78 is 5.08. The average Bonchev–Trinajstić information content (AvgIpc) is 2.71. The molecule has 4 nitrogen and oxygen atoms in total. The Kier molecular flexibility index (Phi) is 3.26. The monoisotopic (exact) mass is 291 g/mol. The third-order valence-corrected chi connectivity index (χ3v) is 4.20. The molecule has 5 heteroatoms. The van der Waals surface area contributed by atoms with Crippen LogP contribution in [0.2, 0.25) is 5.02 Å². The number of halogens is 1. The largest absolute Gasteiger partial charge is 0.495 e. The van der Waals surface area contributed by atoms with Crippen LogP contribution in [-0.4, -0.2) is 18.9 Å². The van der Waals surface area contributed by atoms with Crippen LogP contribution >= 0.6 is 11.6 Å². The van der Waals surface area contributed by atoms with Crippen molar-refractivity contribution in [2.24, 2.45) is 11.8 Å². The third-order valence-electron chi connectivity index (χ3n) is 3.90. The lowest BCUT2D eigenvalue weighted by Gasteiger charge is -2.16. The van der Waals surface area contributed by atoms with Gasteiger partial charge in [0.2, 0.25) is 11.8 Å². The molecule has 0 unspecified atom stereocenters. The van der Waals surface area contributed by atoms with Crippen LogP contribution in [0.4, 0.5) is 5.69 Å². The Labute approximate surface area is 122 Å². The summed E-state index contributed by atoms with van der Waals surface area (Å²) in [5.74, 6) is -0.202. The first-order chi connectivity index (χ1) is 9.63. The lowest BCUT2D eigenvalue weighted by molar-refractivity contribution is -0.122. The molecular weight excluding hydrogens is 278 g/mol. The molecule has 2 atom stereocenters. The van der Waals surface area contributed by atoms with Gasteiger partial charge in [-0.3, -0.25) is 9.59 Å². The summed E-state index contributed by atoms with van der Waals surface area (Å²) in [7, 11) is 1.52. The fourth-order valence-electron chi connectivity index (χ4n) is 2.85. The zero-order chi connectivity index (χ0) is 14.3. The summed E-state index contributed by atoms with van der Waals surface area (Å²) in [6.07, 6.45) is 5.21. The van der Waals surface area contributed by atoms with E-state index >= 15 is 0 Å². The van der Waals surface area contributed by atoms with Crippen molar-refractivity contribution in [1.82, 2.24) is 0 Å². The number of fused-ring (bicyclic) bond motifs is 1. The van der Waals surface area contributed by atoms with Gasteiger partial charge in [0.05, 0.1) is 29.7 Å². The van der Waals surface area contributed by atoms with E-state index in [2.05, 4.69) is 0 Å². The van der Waals surface area contributed by atoms with Gasteiger partial charge >= 0.3 is 0 Å². The van der Waals surface area contributed by atoms with Crippen LogP contribution in [0.5, 0.6) is 5.75 Å². The average molecular weight is 292 g/mol. The molecule has 1 heterocycles. The summed E-state index contributed by atoms with van der Waals surface area (Å²) in [6.45, 7) is 0. The fourth-order valence-corrected chi connectivity index (χ4v) is 3.10. The van der Waals surface area contributed by atoms with Crippen LogP contribution in [-0.2, 0) is 9.59 Å². The molecule has 1 saturated heterocycles. The van der Waals surface area contributed by atoms with E-state index in [0.717, 1.165) is 0 Å². The second kappa shape index (κ2) is 4.94. The first-order valence-electron chi connectivity index (χ1n) is 6.50.